The standard InChI is InChI=1S/C32H55ClN8.Zn/c33-23-15-7-14-22-24(23)32-40-30-21-13-6-5-12-20(21)28(38-30)36-26-17-9-2-1-8-16(17)25(34-26)35-27-18-10-3-4-11-19(18)29(37-27)39-31(22)41-32;/h16-32,34-41H,1-15H2;. The van der Waals surface area contributed by atoms with Crippen LogP contribution in [0.25, 0.3) is 0 Å². The van der Waals surface area contributed by atoms with Crippen molar-refractivity contribution in [3.05, 3.63) is 0 Å². The molecule has 9 rings (SSSR count). The van der Waals surface area contributed by atoms with Crippen molar-refractivity contribution in [3.63, 3.8) is 0 Å². The Hall–Kier alpha value is 0.593. The third kappa shape index (κ3) is 5.11. The summed E-state index contributed by atoms with van der Waals surface area (Å²) in [6, 6.07) is 0. The fourth-order valence-corrected chi connectivity index (χ4v) is 12.5. The van der Waals surface area contributed by atoms with Crippen LogP contribution in [0.5, 0.6) is 0 Å². The van der Waals surface area contributed by atoms with E-state index in [4.69, 9.17) is 11.6 Å². The van der Waals surface area contributed by atoms with Gasteiger partial charge in [0, 0.05) is 30.8 Å². The quantitative estimate of drug-likeness (QED) is 0.150. The van der Waals surface area contributed by atoms with Crippen LogP contribution >= 0.6 is 11.6 Å². The second-order valence-corrected chi connectivity index (χ2v) is 16.2. The van der Waals surface area contributed by atoms with Crippen LogP contribution in [-0.2, 0) is 19.5 Å². The van der Waals surface area contributed by atoms with Crippen LogP contribution in [0.15, 0.2) is 0 Å². The molecule has 0 amide bonds. The topological polar surface area (TPSA) is 96.2 Å². The van der Waals surface area contributed by atoms with Crippen molar-refractivity contribution in [1.82, 2.24) is 42.5 Å². The number of hydrogen-bond donors (Lipinski definition) is 8. The largest absolute Gasteiger partial charge is 0.286 e. The van der Waals surface area contributed by atoms with Gasteiger partial charge in [0.2, 0.25) is 0 Å². The van der Waals surface area contributed by atoms with Gasteiger partial charge in [-0.25, -0.2) is 0 Å². The smallest absolute Gasteiger partial charge is 0.0642 e. The van der Waals surface area contributed by atoms with E-state index >= 15 is 0 Å². The van der Waals surface area contributed by atoms with Crippen molar-refractivity contribution in [2.75, 3.05) is 0 Å². The van der Waals surface area contributed by atoms with E-state index in [1.807, 2.05) is 0 Å². The molecule has 5 aliphatic heterocycles. The summed E-state index contributed by atoms with van der Waals surface area (Å²) in [5.74, 6) is 5.34. The summed E-state index contributed by atoms with van der Waals surface area (Å²) in [7, 11) is 0. The number of hydrogen-bond acceptors (Lipinski definition) is 8. The number of halogens is 1. The summed E-state index contributed by atoms with van der Waals surface area (Å²) in [6.07, 6.45) is 22.9. The molecule has 0 aromatic carbocycles. The minimum absolute atomic E-state index is 0. The number of rotatable bonds is 0. The Bertz CT molecular complexity index is 959. The van der Waals surface area contributed by atoms with Crippen molar-refractivity contribution < 1.29 is 19.5 Å². The van der Waals surface area contributed by atoms with E-state index in [0.29, 0.717) is 78.7 Å². The number of alkyl halides is 1. The van der Waals surface area contributed by atoms with Gasteiger partial charge in [0.05, 0.1) is 49.3 Å². The molecule has 17 atom stereocenters. The normalized spacial score (nSPS) is 56.9. The van der Waals surface area contributed by atoms with E-state index in [1.54, 1.807) is 0 Å². The molecule has 10 heteroatoms. The third-order valence-corrected chi connectivity index (χ3v) is 14.3. The average molecular weight is 653 g/mol. The molecule has 0 aromatic heterocycles. The molecule has 5 heterocycles. The molecule has 0 spiro atoms. The van der Waals surface area contributed by atoms with Gasteiger partial charge in [-0.3, -0.25) is 42.5 Å². The van der Waals surface area contributed by atoms with Crippen LogP contribution in [-0.4, -0.2) is 54.7 Å². The molecule has 8 N–H and O–H groups in total. The first-order valence-corrected chi connectivity index (χ1v) is 18.4. The van der Waals surface area contributed by atoms with E-state index in [0.717, 1.165) is 18.3 Å². The fraction of sp³-hybridized carbons (Fsp3) is 1.00. The van der Waals surface area contributed by atoms with Gasteiger partial charge in [-0.2, -0.15) is 0 Å². The summed E-state index contributed by atoms with van der Waals surface area (Å²) in [5.41, 5.74) is 0. The summed E-state index contributed by atoms with van der Waals surface area (Å²) < 4.78 is 0. The SMILES string of the molecule is ClC1CCCC2C3NC4NC(NC5NC(NC6NC(NC(N3)C12)C1CCCCC61)C1CCCCC51)C1CCCCC41.[Zn]. The van der Waals surface area contributed by atoms with Gasteiger partial charge in [-0.15, -0.1) is 11.6 Å². The maximum atomic E-state index is 7.19. The molecular formula is C32H55ClN8Zn. The molecule has 17 unspecified atom stereocenters. The molecular weight excluding hydrogens is 597 g/mol. The molecule has 9 fully saturated rings. The van der Waals surface area contributed by atoms with E-state index in [-0.39, 0.29) is 31.0 Å². The Morgan fingerprint density at radius 2 is 0.571 bits per heavy atom. The Morgan fingerprint density at radius 1 is 0.310 bits per heavy atom. The predicted octanol–water partition coefficient (Wildman–Crippen LogP) is 2.82. The molecule has 0 aromatic rings. The van der Waals surface area contributed by atoms with E-state index in [9.17, 15) is 0 Å². The second kappa shape index (κ2) is 12.3. The molecule has 4 saturated carbocycles. The molecule has 42 heavy (non-hydrogen) atoms. The van der Waals surface area contributed by atoms with Crippen LogP contribution in [0.2, 0.25) is 0 Å². The van der Waals surface area contributed by atoms with Gasteiger partial charge in [0.1, 0.15) is 0 Å². The van der Waals surface area contributed by atoms with Crippen molar-refractivity contribution in [3.8, 4) is 0 Å². The zero-order chi connectivity index (χ0) is 27.1. The zero-order valence-corrected chi connectivity index (χ0v) is 29.2. The maximum Gasteiger partial charge on any atom is 0.0642 e. The summed E-state index contributed by atoms with van der Waals surface area (Å²) in [6.45, 7) is 0. The monoisotopic (exact) mass is 650 g/mol. The number of nitrogens with one attached hydrogen (secondary N) is 8. The first kappa shape index (κ1) is 30.0. The van der Waals surface area contributed by atoms with Crippen LogP contribution < -0.4 is 42.5 Å². The Labute approximate surface area is 271 Å². The van der Waals surface area contributed by atoms with Gasteiger partial charge in [-0.05, 0) is 92.8 Å². The van der Waals surface area contributed by atoms with Crippen molar-refractivity contribution >= 4 is 11.6 Å². The van der Waals surface area contributed by atoms with E-state index in [2.05, 4.69) is 42.5 Å². The maximum absolute atomic E-state index is 7.19. The molecule has 5 saturated heterocycles. The molecule has 8 nitrogen and oxygen atoms in total. The third-order valence-electron chi connectivity index (χ3n) is 13.8. The summed E-state index contributed by atoms with van der Waals surface area (Å²) in [5, 5.41) is 33.8. The Kier molecular flexibility index (Phi) is 8.79. The first-order chi connectivity index (χ1) is 20.2. The van der Waals surface area contributed by atoms with Crippen molar-refractivity contribution in [2.45, 2.75) is 151 Å². The first-order valence-electron chi connectivity index (χ1n) is 17.9. The van der Waals surface area contributed by atoms with Gasteiger partial charge < -0.3 is 0 Å². The van der Waals surface area contributed by atoms with Gasteiger partial charge in [0.15, 0.2) is 0 Å². The van der Waals surface area contributed by atoms with Gasteiger partial charge in [-0.1, -0.05) is 44.9 Å². The zero-order valence-electron chi connectivity index (χ0n) is 25.5. The minimum Gasteiger partial charge on any atom is -0.286 e. The van der Waals surface area contributed by atoms with Crippen LogP contribution in [0.3, 0.4) is 0 Å². The minimum atomic E-state index is 0. The van der Waals surface area contributed by atoms with Crippen LogP contribution in [0.4, 0.5) is 0 Å². The van der Waals surface area contributed by atoms with Crippen LogP contribution in [0.1, 0.15) is 96.3 Å². The van der Waals surface area contributed by atoms with Crippen molar-refractivity contribution in [1.29, 1.82) is 0 Å². The molecule has 8 bridgehead atoms. The Balaban J connectivity index is 0.00000267. The molecule has 0 radical (unpaired) electrons. The van der Waals surface area contributed by atoms with Gasteiger partial charge in [0.25, 0.3) is 0 Å². The second-order valence-electron chi connectivity index (χ2n) is 15.7. The molecule has 4 aliphatic carbocycles. The average Bonchev–Trinajstić information content (AvgIpc) is 3.73. The van der Waals surface area contributed by atoms with E-state index in [1.165, 1.54) is 89.9 Å². The Morgan fingerprint density at radius 3 is 0.905 bits per heavy atom. The fourth-order valence-electron chi connectivity index (χ4n) is 12.0. The van der Waals surface area contributed by atoms with Crippen molar-refractivity contribution in [2.24, 2.45) is 47.3 Å². The number of fused-ring (bicyclic) bond motifs is 20. The summed E-state index contributed by atoms with van der Waals surface area (Å²) >= 11 is 7.19. The molecule has 232 valence electrons. The molecule has 9 aliphatic rings. The van der Waals surface area contributed by atoms with Crippen LogP contribution in [0, 0.1) is 47.3 Å². The predicted molar refractivity (Wildman–Crippen MR) is 162 cm³/mol. The van der Waals surface area contributed by atoms with E-state index < -0.39 is 0 Å². The summed E-state index contributed by atoms with van der Waals surface area (Å²) in [4.78, 5) is 0. The van der Waals surface area contributed by atoms with Gasteiger partial charge >= 0.3 is 0 Å².